The number of rotatable bonds is 7. The van der Waals surface area contributed by atoms with Crippen LogP contribution in [0.25, 0.3) is 0 Å². The second kappa shape index (κ2) is 10.1. The van der Waals surface area contributed by atoms with Crippen molar-refractivity contribution in [2.45, 2.75) is 25.7 Å². The van der Waals surface area contributed by atoms with Crippen LogP contribution >= 0.6 is 0 Å². The molecular weight excluding hydrogens is 435 g/mol. The first kappa shape index (κ1) is 24.3. The van der Waals surface area contributed by atoms with Crippen LogP contribution in [0.4, 0.5) is 18.0 Å². The molecule has 1 N–H and O–H groups in total. The zero-order chi connectivity index (χ0) is 24.2. The van der Waals surface area contributed by atoms with E-state index in [0.717, 1.165) is 17.7 Å². The van der Waals surface area contributed by atoms with Crippen molar-refractivity contribution >= 4 is 12.0 Å². The molecule has 0 bridgehead atoms. The van der Waals surface area contributed by atoms with E-state index in [2.05, 4.69) is 5.32 Å². The number of benzene rings is 2. The molecule has 0 saturated heterocycles. The van der Waals surface area contributed by atoms with Crippen molar-refractivity contribution in [3.8, 4) is 0 Å². The molecule has 6 nitrogen and oxygen atoms in total. The molecule has 0 radical (unpaired) electrons. The van der Waals surface area contributed by atoms with E-state index in [1.165, 1.54) is 17.0 Å². The predicted molar refractivity (Wildman–Crippen MR) is 117 cm³/mol. The van der Waals surface area contributed by atoms with E-state index in [0.29, 0.717) is 17.8 Å². The van der Waals surface area contributed by atoms with Crippen LogP contribution in [0.1, 0.15) is 29.7 Å². The normalized spacial score (nSPS) is 16.8. The Labute approximate surface area is 190 Å². The van der Waals surface area contributed by atoms with Crippen molar-refractivity contribution in [3.63, 3.8) is 0 Å². The fourth-order valence-corrected chi connectivity index (χ4v) is 3.72. The topological polar surface area (TPSA) is 61.9 Å². The Kier molecular flexibility index (Phi) is 7.43. The van der Waals surface area contributed by atoms with E-state index in [-0.39, 0.29) is 18.7 Å². The van der Waals surface area contributed by atoms with Crippen molar-refractivity contribution in [1.82, 2.24) is 15.1 Å². The van der Waals surface area contributed by atoms with Gasteiger partial charge in [-0.15, -0.1) is 0 Å². The number of halogens is 3. The van der Waals surface area contributed by atoms with E-state index in [4.69, 9.17) is 4.74 Å². The van der Waals surface area contributed by atoms with E-state index in [9.17, 15) is 22.8 Å². The van der Waals surface area contributed by atoms with Gasteiger partial charge in [0.15, 0.2) is 0 Å². The third-order valence-electron chi connectivity index (χ3n) is 5.36. The second-order valence-electron chi connectivity index (χ2n) is 7.80. The number of likely N-dealkylation sites (N-methyl/N-ethyl adjacent to an activating group) is 2. The SMILES string of the molecule is CCOC(=O)C1=C(CN(C)Cc2ccccc2)N(C)C(=O)N[C@@H]1c1ccc(C(F)(F)F)cc1. The Bertz CT molecular complexity index is 1020. The molecule has 0 aromatic heterocycles. The molecule has 0 aliphatic carbocycles. The lowest BCUT2D eigenvalue weighted by Crippen LogP contribution is -2.49. The molecule has 176 valence electrons. The first-order valence-electron chi connectivity index (χ1n) is 10.5. The van der Waals surface area contributed by atoms with Gasteiger partial charge in [0.05, 0.1) is 23.8 Å². The maximum Gasteiger partial charge on any atom is 0.416 e. The average molecular weight is 461 g/mol. The number of hydrogen-bond donors (Lipinski definition) is 1. The van der Waals surface area contributed by atoms with Gasteiger partial charge in [-0.2, -0.15) is 13.2 Å². The first-order valence-corrected chi connectivity index (χ1v) is 10.5. The molecule has 0 unspecified atom stereocenters. The summed E-state index contributed by atoms with van der Waals surface area (Å²) >= 11 is 0. The number of urea groups is 1. The summed E-state index contributed by atoms with van der Waals surface area (Å²) in [7, 11) is 3.40. The largest absolute Gasteiger partial charge is 0.463 e. The number of alkyl halides is 3. The minimum atomic E-state index is -4.49. The van der Waals surface area contributed by atoms with Crippen LogP contribution in [0.15, 0.2) is 65.9 Å². The maximum atomic E-state index is 13.0. The van der Waals surface area contributed by atoms with Crippen LogP contribution in [-0.2, 0) is 22.3 Å². The third-order valence-corrected chi connectivity index (χ3v) is 5.36. The highest BCUT2D eigenvalue weighted by Gasteiger charge is 2.37. The lowest BCUT2D eigenvalue weighted by molar-refractivity contribution is -0.139. The summed E-state index contributed by atoms with van der Waals surface area (Å²) in [6.07, 6.45) is -4.49. The minimum Gasteiger partial charge on any atom is -0.463 e. The number of nitrogens with one attached hydrogen (secondary N) is 1. The molecule has 0 saturated carbocycles. The van der Waals surface area contributed by atoms with Crippen LogP contribution in [0.5, 0.6) is 0 Å². The maximum absolute atomic E-state index is 13.0. The van der Waals surface area contributed by atoms with Gasteiger partial charge in [-0.1, -0.05) is 42.5 Å². The number of esters is 1. The number of carbonyl (C=O) groups is 2. The fourth-order valence-electron chi connectivity index (χ4n) is 3.72. The van der Waals surface area contributed by atoms with E-state index in [1.807, 2.05) is 42.3 Å². The minimum absolute atomic E-state index is 0.118. The molecule has 0 fully saturated rings. The highest BCUT2D eigenvalue weighted by molar-refractivity contribution is 5.95. The monoisotopic (exact) mass is 461 g/mol. The van der Waals surface area contributed by atoms with Crippen molar-refractivity contribution in [1.29, 1.82) is 0 Å². The molecule has 3 rings (SSSR count). The average Bonchev–Trinajstić information content (AvgIpc) is 2.77. The molecule has 1 heterocycles. The standard InChI is InChI=1S/C24H26F3N3O3/c1-4-33-22(31)20-19(15-29(2)14-16-8-6-5-7-9-16)30(3)23(32)28-21(20)17-10-12-18(13-11-17)24(25,26)27/h5-13,21H,4,14-15H2,1-3H3,(H,28,32)/t21-/m1/s1. The molecular formula is C24H26F3N3O3. The highest BCUT2D eigenvalue weighted by atomic mass is 19.4. The molecule has 1 aliphatic rings. The molecule has 9 heteroatoms. The van der Waals surface area contributed by atoms with Crippen molar-refractivity contribution in [2.24, 2.45) is 0 Å². The van der Waals surface area contributed by atoms with Gasteiger partial charge in [-0.3, -0.25) is 9.80 Å². The summed E-state index contributed by atoms with van der Waals surface area (Å²) in [5.74, 6) is -0.627. The fraction of sp³-hybridized carbons (Fsp3) is 0.333. The molecule has 0 spiro atoms. The van der Waals surface area contributed by atoms with Gasteiger partial charge < -0.3 is 10.1 Å². The van der Waals surface area contributed by atoms with Gasteiger partial charge in [0.1, 0.15) is 0 Å². The molecule has 33 heavy (non-hydrogen) atoms. The number of nitrogens with zero attached hydrogens (tertiary/aromatic N) is 2. The zero-order valence-electron chi connectivity index (χ0n) is 18.6. The zero-order valence-corrected chi connectivity index (χ0v) is 18.6. The second-order valence-corrected chi connectivity index (χ2v) is 7.80. The molecule has 2 amide bonds. The number of amides is 2. The van der Waals surface area contributed by atoms with Crippen LogP contribution in [0.3, 0.4) is 0 Å². The van der Waals surface area contributed by atoms with Gasteiger partial charge in [0.2, 0.25) is 0 Å². The Morgan fingerprint density at radius 3 is 2.30 bits per heavy atom. The summed E-state index contributed by atoms with van der Waals surface area (Å²) in [6, 6.07) is 12.7. The molecule has 1 aliphatic heterocycles. The Morgan fingerprint density at radius 2 is 1.73 bits per heavy atom. The van der Waals surface area contributed by atoms with Crippen LogP contribution in [-0.4, -0.2) is 49.0 Å². The number of carbonyl (C=O) groups excluding carboxylic acids is 2. The van der Waals surface area contributed by atoms with Gasteiger partial charge in [0, 0.05) is 25.8 Å². The highest BCUT2D eigenvalue weighted by Crippen LogP contribution is 2.34. The third kappa shape index (κ3) is 5.73. The van der Waals surface area contributed by atoms with Gasteiger partial charge in [-0.25, -0.2) is 9.59 Å². The van der Waals surface area contributed by atoms with E-state index in [1.54, 1.807) is 14.0 Å². The molecule has 2 aromatic carbocycles. The van der Waals surface area contributed by atoms with Crippen molar-refractivity contribution in [2.75, 3.05) is 27.2 Å². The summed E-state index contributed by atoms with van der Waals surface area (Å²) in [5, 5.41) is 2.71. The number of hydrogen-bond acceptors (Lipinski definition) is 4. The summed E-state index contributed by atoms with van der Waals surface area (Å²) in [4.78, 5) is 29.0. The summed E-state index contributed by atoms with van der Waals surface area (Å²) in [5.41, 5.74) is 1.23. The Balaban J connectivity index is 2.00. The van der Waals surface area contributed by atoms with Crippen molar-refractivity contribution < 1.29 is 27.5 Å². The van der Waals surface area contributed by atoms with Crippen LogP contribution in [0, 0.1) is 0 Å². The van der Waals surface area contributed by atoms with Crippen molar-refractivity contribution in [3.05, 3.63) is 82.6 Å². The smallest absolute Gasteiger partial charge is 0.416 e. The van der Waals surface area contributed by atoms with Gasteiger partial charge >= 0.3 is 18.2 Å². The Hall–Kier alpha value is -3.33. The molecule has 1 atom stereocenters. The van der Waals surface area contributed by atoms with E-state index < -0.39 is 29.8 Å². The lowest BCUT2D eigenvalue weighted by atomic mass is 9.93. The quantitative estimate of drug-likeness (QED) is 0.623. The van der Waals surface area contributed by atoms with Gasteiger partial charge in [-0.05, 0) is 37.2 Å². The lowest BCUT2D eigenvalue weighted by Gasteiger charge is -2.36. The van der Waals surface area contributed by atoms with E-state index >= 15 is 0 Å². The van der Waals surface area contributed by atoms with Gasteiger partial charge in [0.25, 0.3) is 0 Å². The summed E-state index contributed by atoms with van der Waals surface area (Å²) in [6.45, 7) is 2.61. The van der Waals surface area contributed by atoms with Crippen LogP contribution < -0.4 is 5.32 Å². The summed E-state index contributed by atoms with van der Waals surface area (Å²) < 4.78 is 44.2. The predicted octanol–water partition coefficient (Wildman–Crippen LogP) is 4.35. The Morgan fingerprint density at radius 1 is 1.09 bits per heavy atom. The number of ether oxygens (including phenoxy) is 1. The van der Waals surface area contributed by atoms with Crippen LogP contribution in [0.2, 0.25) is 0 Å². The molecule has 2 aromatic rings. The first-order chi connectivity index (χ1) is 15.6.